The van der Waals surface area contributed by atoms with Gasteiger partial charge in [0.1, 0.15) is 0 Å². The monoisotopic (exact) mass is 183 g/mol. The van der Waals surface area contributed by atoms with Crippen molar-refractivity contribution >= 4 is 0 Å². The van der Waals surface area contributed by atoms with Crippen molar-refractivity contribution in [1.82, 2.24) is 0 Å². The maximum atomic E-state index is 5.55. The van der Waals surface area contributed by atoms with Crippen LogP contribution in [0.5, 0.6) is 0 Å². The molecule has 2 N–H and O–H groups in total. The van der Waals surface area contributed by atoms with E-state index < -0.39 is 0 Å². The smallest absolute Gasteiger partial charge is 0.00692 e. The molecule has 1 nitrogen and oxygen atoms in total. The second kappa shape index (κ2) is 4.80. The largest absolute Gasteiger partial charge is 0.330 e. The Labute approximate surface area is 83.4 Å². The molecule has 0 aliphatic rings. The molecule has 0 aliphatic heterocycles. The zero-order chi connectivity index (χ0) is 10.5. The van der Waals surface area contributed by atoms with Crippen LogP contribution < -0.4 is 5.73 Å². The molecule has 78 valence electrons. The minimum Gasteiger partial charge on any atom is -0.330 e. The van der Waals surface area contributed by atoms with E-state index in [9.17, 15) is 0 Å². The maximum Gasteiger partial charge on any atom is -0.00692 e. The van der Waals surface area contributed by atoms with Gasteiger partial charge in [0.15, 0.2) is 0 Å². The van der Waals surface area contributed by atoms with Gasteiger partial charge >= 0.3 is 0 Å². The summed E-state index contributed by atoms with van der Waals surface area (Å²) < 4.78 is 0. The van der Waals surface area contributed by atoms with Crippen LogP contribution in [-0.4, -0.2) is 6.54 Å². The number of nitrogens with two attached hydrogens (primary N) is 1. The lowest BCUT2D eigenvalue weighted by molar-refractivity contribution is 0.418. The average molecular weight is 183 g/mol. The molecular weight excluding hydrogens is 158 g/mol. The first-order valence-corrected chi connectivity index (χ1v) is 5.23. The molecule has 0 aromatic carbocycles. The summed E-state index contributed by atoms with van der Waals surface area (Å²) in [7, 11) is 0. The van der Waals surface area contributed by atoms with E-state index in [1.54, 1.807) is 0 Å². The second-order valence-corrected chi connectivity index (χ2v) is 5.20. The van der Waals surface area contributed by atoms with Crippen molar-refractivity contribution in [1.29, 1.82) is 0 Å². The van der Waals surface area contributed by atoms with E-state index in [2.05, 4.69) is 46.8 Å². The van der Waals surface area contributed by atoms with E-state index in [-0.39, 0.29) is 5.41 Å². The molecule has 0 aromatic rings. The molecule has 0 amide bonds. The normalized spacial score (nSPS) is 14.0. The Bertz CT molecular complexity index is 166. The fraction of sp³-hybridized carbons (Fsp3) is 0.833. The molecule has 0 spiro atoms. The first kappa shape index (κ1) is 12.7. The van der Waals surface area contributed by atoms with E-state index >= 15 is 0 Å². The highest BCUT2D eigenvalue weighted by Gasteiger charge is 2.15. The zero-order valence-electron chi connectivity index (χ0n) is 9.85. The van der Waals surface area contributed by atoms with Gasteiger partial charge in [-0.2, -0.15) is 0 Å². The zero-order valence-corrected chi connectivity index (χ0v) is 9.85. The third kappa shape index (κ3) is 5.87. The van der Waals surface area contributed by atoms with Gasteiger partial charge in [-0.1, -0.05) is 46.8 Å². The summed E-state index contributed by atoms with van der Waals surface area (Å²) in [5.41, 5.74) is 6.13. The molecule has 0 saturated carbocycles. The van der Waals surface area contributed by atoms with Gasteiger partial charge in [0, 0.05) is 0 Å². The number of rotatable bonds is 5. The minimum atomic E-state index is 0.251. The Kier molecular flexibility index (Phi) is 4.69. The maximum absolute atomic E-state index is 5.55. The van der Waals surface area contributed by atoms with E-state index in [0.717, 1.165) is 13.0 Å². The quantitative estimate of drug-likeness (QED) is 0.650. The van der Waals surface area contributed by atoms with Crippen molar-refractivity contribution in [3.8, 4) is 0 Å². The summed E-state index contributed by atoms with van der Waals surface area (Å²) in [6.45, 7) is 12.0. The van der Waals surface area contributed by atoms with Crippen molar-refractivity contribution < 1.29 is 0 Å². The number of hydrogen-bond acceptors (Lipinski definition) is 1. The molecule has 0 atom stereocenters. The summed E-state index contributed by atoms with van der Waals surface area (Å²) in [4.78, 5) is 0. The molecule has 0 bridgehead atoms. The van der Waals surface area contributed by atoms with Crippen LogP contribution in [0.25, 0.3) is 0 Å². The molecule has 0 saturated heterocycles. The third-order valence-electron chi connectivity index (χ3n) is 2.69. The molecular formula is C12H25N. The second-order valence-electron chi connectivity index (χ2n) is 5.20. The van der Waals surface area contributed by atoms with Crippen LogP contribution >= 0.6 is 0 Å². The predicted molar refractivity (Wildman–Crippen MR) is 60.7 cm³/mol. The molecule has 0 rings (SSSR count). The Morgan fingerprint density at radius 3 is 1.85 bits per heavy atom. The van der Waals surface area contributed by atoms with Crippen LogP contribution in [0.15, 0.2) is 12.2 Å². The summed E-state index contributed by atoms with van der Waals surface area (Å²) in [6.07, 6.45) is 6.87. The first-order valence-electron chi connectivity index (χ1n) is 5.23. The average Bonchev–Trinajstić information content (AvgIpc) is 2.02. The molecule has 0 fully saturated rings. The van der Waals surface area contributed by atoms with Gasteiger partial charge in [-0.25, -0.2) is 0 Å². The minimum absolute atomic E-state index is 0.251. The van der Waals surface area contributed by atoms with Crippen molar-refractivity contribution in [2.24, 2.45) is 16.6 Å². The lowest BCUT2D eigenvalue weighted by Crippen LogP contribution is -2.15. The van der Waals surface area contributed by atoms with Gasteiger partial charge in [0.2, 0.25) is 0 Å². The van der Waals surface area contributed by atoms with E-state index in [1.807, 2.05) is 0 Å². The van der Waals surface area contributed by atoms with E-state index in [0.29, 0.717) is 5.41 Å². The number of allylic oxidation sites excluding steroid dienone is 2. The van der Waals surface area contributed by atoms with Gasteiger partial charge < -0.3 is 5.73 Å². The highest BCUT2D eigenvalue weighted by atomic mass is 14.5. The highest BCUT2D eigenvalue weighted by molar-refractivity contribution is 5.01. The van der Waals surface area contributed by atoms with E-state index in [1.165, 1.54) is 6.42 Å². The van der Waals surface area contributed by atoms with Gasteiger partial charge in [-0.05, 0) is 30.2 Å². The Balaban J connectivity index is 4.24. The van der Waals surface area contributed by atoms with Crippen molar-refractivity contribution in [3.63, 3.8) is 0 Å². The van der Waals surface area contributed by atoms with Crippen LogP contribution in [0.1, 0.15) is 47.5 Å². The highest BCUT2D eigenvalue weighted by Crippen LogP contribution is 2.27. The van der Waals surface area contributed by atoms with Crippen LogP contribution in [0.2, 0.25) is 0 Å². The molecule has 13 heavy (non-hydrogen) atoms. The predicted octanol–water partition coefficient (Wildman–Crippen LogP) is 3.35. The van der Waals surface area contributed by atoms with E-state index in [4.69, 9.17) is 5.73 Å². The fourth-order valence-corrected chi connectivity index (χ4v) is 1.02. The molecule has 0 radical (unpaired) electrons. The lowest BCUT2D eigenvalue weighted by atomic mass is 9.83. The van der Waals surface area contributed by atoms with Crippen LogP contribution in [0.3, 0.4) is 0 Å². The molecule has 0 aromatic heterocycles. The van der Waals surface area contributed by atoms with Gasteiger partial charge in [0.25, 0.3) is 0 Å². The molecule has 0 heterocycles. The third-order valence-corrected chi connectivity index (χ3v) is 2.69. The number of hydrogen-bond donors (Lipinski definition) is 1. The fourth-order valence-electron chi connectivity index (χ4n) is 1.02. The van der Waals surface area contributed by atoms with Gasteiger partial charge in [-0.3, -0.25) is 0 Å². The summed E-state index contributed by atoms with van der Waals surface area (Å²) in [5, 5.41) is 0. The SMILES string of the molecule is CCC(C)(C)/C=C\C(C)(C)CCN. The van der Waals surface area contributed by atoms with Gasteiger partial charge in [-0.15, -0.1) is 0 Å². The molecule has 1 heteroatoms. The summed E-state index contributed by atoms with van der Waals surface area (Å²) >= 11 is 0. The Morgan fingerprint density at radius 1 is 1.00 bits per heavy atom. The summed E-state index contributed by atoms with van der Waals surface area (Å²) in [5.74, 6) is 0. The van der Waals surface area contributed by atoms with Gasteiger partial charge in [0.05, 0.1) is 0 Å². The van der Waals surface area contributed by atoms with Crippen molar-refractivity contribution in [2.75, 3.05) is 6.54 Å². The standard InChI is InChI=1S/C12H25N/c1-6-11(2,3)7-8-12(4,5)9-10-13/h7-8H,6,9-10,13H2,1-5H3/b8-7-. The molecule has 0 aliphatic carbocycles. The van der Waals surface area contributed by atoms with Crippen molar-refractivity contribution in [3.05, 3.63) is 12.2 Å². The summed E-state index contributed by atoms with van der Waals surface area (Å²) in [6, 6.07) is 0. The van der Waals surface area contributed by atoms with Crippen LogP contribution in [0.4, 0.5) is 0 Å². The molecule has 0 unspecified atom stereocenters. The Hall–Kier alpha value is -0.300. The van der Waals surface area contributed by atoms with Crippen LogP contribution in [-0.2, 0) is 0 Å². The lowest BCUT2D eigenvalue weighted by Gasteiger charge is -2.23. The topological polar surface area (TPSA) is 26.0 Å². The van der Waals surface area contributed by atoms with Crippen LogP contribution in [0, 0.1) is 10.8 Å². The van der Waals surface area contributed by atoms with Crippen molar-refractivity contribution in [2.45, 2.75) is 47.5 Å². The first-order chi connectivity index (χ1) is 5.83. The Morgan fingerprint density at radius 2 is 1.46 bits per heavy atom.